The predicted molar refractivity (Wildman–Crippen MR) is 254 cm³/mol. The maximum absolute atomic E-state index is 2.45. The molecule has 2 heteroatoms. The van der Waals surface area contributed by atoms with E-state index in [1.54, 1.807) is 0 Å². The number of aromatic nitrogens is 1. The van der Waals surface area contributed by atoms with Gasteiger partial charge in [-0.1, -0.05) is 155 Å². The van der Waals surface area contributed by atoms with Gasteiger partial charge in [-0.25, -0.2) is 0 Å². The van der Waals surface area contributed by atoms with Crippen LogP contribution in [0.2, 0.25) is 0 Å². The van der Waals surface area contributed by atoms with Crippen LogP contribution >= 0.6 is 0 Å². The smallest absolute Gasteiger partial charge is 0.0541 e. The van der Waals surface area contributed by atoms with Crippen molar-refractivity contribution in [1.82, 2.24) is 4.57 Å². The molecule has 2 aliphatic rings. The van der Waals surface area contributed by atoms with Gasteiger partial charge in [0.05, 0.1) is 11.0 Å². The molecule has 10 aromatic rings. The number of anilines is 3. The van der Waals surface area contributed by atoms with Crippen molar-refractivity contribution in [3.8, 4) is 39.1 Å². The largest absolute Gasteiger partial charge is 0.310 e. The molecule has 0 radical (unpaired) electrons. The van der Waals surface area contributed by atoms with E-state index in [2.05, 4.69) is 231 Å². The Bertz CT molecular complexity index is 3320. The summed E-state index contributed by atoms with van der Waals surface area (Å²) in [4.78, 5) is 2.45. The molecule has 0 N–H and O–H groups in total. The average Bonchev–Trinajstić information content (AvgIpc) is 3.83. The number of hydrogen-bond acceptors (Lipinski definition) is 1. The molecule has 12 rings (SSSR count). The first kappa shape index (κ1) is 34.8. The molecule has 0 spiro atoms. The molecule has 286 valence electrons. The Labute approximate surface area is 351 Å². The Balaban J connectivity index is 0.951. The normalized spacial score (nSPS) is 14.3. The first-order valence-electron chi connectivity index (χ1n) is 21.2. The number of rotatable bonds is 5. The highest BCUT2D eigenvalue weighted by molar-refractivity contribution is 6.09. The molecule has 60 heavy (non-hydrogen) atoms. The fourth-order valence-electron chi connectivity index (χ4n) is 10.7. The summed E-state index contributed by atoms with van der Waals surface area (Å²) in [6.07, 6.45) is 0. The van der Waals surface area contributed by atoms with Crippen LogP contribution in [0, 0.1) is 0 Å². The van der Waals surface area contributed by atoms with Crippen molar-refractivity contribution >= 4 is 49.6 Å². The summed E-state index contributed by atoms with van der Waals surface area (Å²) >= 11 is 0. The fourth-order valence-corrected chi connectivity index (χ4v) is 10.7. The minimum Gasteiger partial charge on any atom is -0.310 e. The standard InChI is InChI=1S/C58H44N2/c1-57(2)51-33-38(44-22-14-16-37-15-8-9-19-43(37)44)25-29-45(51)46-30-26-40(34-52(46)57)59(39-17-6-5-7-18-39)41-27-31-47-48-32-28-42(36-54(48)58(3,4)53(47)35-41)60-55-23-12-10-20-49(55)50-21-11-13-24-56(50)60/h5-36H,1-4H3. The third-order valence-corrected chi connectivity index (χ3v) is 13.8. The molecular formula is C58H44N2. The molecule has 9 aromatic carbocycles. The third-order valence-electron chi connectivity index (χ3n) is 13.8. The van der Waals surface area contributed by atoms with Gasteiger partial charge in [0.2, 0.25) is 0 Å². The summed E-state index contributed by atoms with van der Waals surface area (Å²) in [5.41, 5.74) is 20.0. The van der Waals surface area contributed by atoms with Crippen molar-refractivity contribution < 1.29 is 0 Å². The molecule has 0 amide bonds. The average molecular weight is 769 g/mol. The van der Waals surface area contributed by atoms with Gasteiger partial charge >= 0.3 is 0 Å². The van der Waals surface area contributed by atoms with Gasteiger partial charge in [-0.15, -0.1) is 0 Å². The highest BCUT2D eigenvalue weighted by Crippen LogP contribution is 2.54. The van der Waals surface area contributed by atoms with E-state index in [1.807, 2.05) is 0 Å². The number of nitrogens with zero attached hydrogens (tertiary/aromatic N) is 2. The minimum absolute atomic E-state index is 0.181. The van der Waals surface area contributed by atoms with Crippen LogP contribution in [-0.4, -0.2) is 4.57 Å². The molecule has 0 saturated carbocycles. The van der Waals surface area contributed by atoms with E-state index in [9.17, 15) is 0 Å². The van der Waals surface area contributed by atoms with Gasteiger partial charge in [-0.2, -0.15) is 0 Å². The van der Waals surface area contributed by atoms with Gasteiger partial charge in [0.25, 0.3) is 0 Å². The monoisotopic (exact) mass is 768 g/mol. The molecule has 0 aliphatic heterocycles. The SMILES string of the molecule is CC1(C)c2cc(-c3cccc4ccccc34)ccc2-c2ccc(N(c3ccccc3)c3ccc4c(c3)C(C)(C)c3cc(-n5c6ccccc6c6ccccc65)ccc3-4)cc21. The summed E-state index contributed by atoms with van der Waals surface area (Å²) in [6.45, 7) is 9.57. The topological polar surface area (TPSA) is 8.17 Å². The van der Waals surface area contributed by atoms with Gasteiger partial charge in [0.15, 0.2) is 0 Å². The summed E-state index contributed by atoms with van der Waals surface area (Å²) in [5.74, 6) is 0. The molecule has 1 aromatic heterocycles. The lowest BCUT2D eigenvalue weighted by Gasteiger charge is -2.29. The van der Waals surface area contributed by atoms with E-state index < -0.39 is 0 Å². The van der Waals surface area contributed by atoms with Crippen LogP contribution in [0.5, 0.6) is 0 Å². The van der Waals surface area contributed by atoms with Crippen LogP contribution < -0.4 is 4.90 Å². The van der Waals surface area contributed by atoms with Gasteiger partial charge in [0.1, 0.15) is 0 Å². The van der Waals surface area contributed by atoms with Crippen LogP contribution in [0.15, 0.2) is 194 Å². The predicted octanol–water partition coefficient (Wildman–Crippen LogP) is 15.7. The summed E-state index contributed by atoms with van der Waals surface area (Å²) in [7, 11) is 0. The minimum atomic E-state index is -0.207. The molecule has 0 fully saturated rings. The zero-order valence-electron chi connectivity index (χ0n) is 34.4. The molecule has 1 heterocycles. The number of benzene rings is 9. The number of para-hydroxylation sites is 3. The summed E-state index contributed by atoms with van der Waals surface area (Å²) in [6, 6.07) is 72.2. The van der Waals surface area contributed by atoms with Gasteiger partial charge in [-0.3, -0.25) is 0 Å². The molecule has 0 unspecified atom stereocenters. The Hall–Kier alpha value is -7.16. The van der Waals surface area contributed by atoms with E-state index >= 15 is 0 Å². The van der Waals surface area contributed by atoms with E-state index in [0.29, 0.717) is 0 Å². The Morgan fingerprint density at radius 2 is 0.833 bits per heavy atom. The van der Waals surface area contributed by atoms with Crippen LogP contribution in [0.1, 0.15) is 49.9 Å². The maximum Gasteiger partial charge on any atom is 0.0541 e. The van der Waals surface area contributed by atoms with Crippen LogP contribution in [0.25, 0.3) is 71.6 Å². The summed E-state index contributed by atoms with van der Waals surface area (Å²) in [5, 5.41) is 5.13. The van der Waals surface area contributed by atoms with E-state index in [1.165, 1.54) is 93.9 Å². The lowest BCUT2D eigenvalue weighted by Crippen LogP contribution is -2.18. The van der Waals surface area contributed by atoms with Gasteiger partial charge < -0.3 is 9.47 Å². The zero-order chi connectivity index (χ0) is 40.3. The fraction of sp³-hybridized carbons (Fsp3) is 0.103. The second kappa shape index (κ2) is 12.7. The zero-order valence-corrected chi connectivity index (χ0v) is 34.4. The van der Waals surface area contributed by atoms with Crippen molar-refractivity contribution in [2.24, 2.45) is 0 Å². The molecule has 0 saturated heterocycles. The first-order chi connectivity index (χ1) is 29.3. The molecule has 0 bridgehead atoms. The lowest BCUT2D eigenvalue weighted by molar-refractivity contribution is 0.659. The molecule has 2 nitrogen and oxygen atoms in total. The summed E-state index contributed by atoms with van der Waals surface area (Å²) < 4.78 is 2.44. The maximum atomic E-state index is 2.45. The van der Waals surface area contributed by atoms with Gasteiger partial charge in [-0.05, 0) is 133 Å². The Morgan fingerprint density at radius 1 is 0.350 bits per heavy atom. The second-order valence-electron chi connectivity index (χ2n) is 17.8. The van der Waals surface area contributed by atoms with Crippen molar-refractivity contribution in [1.29, 1.82) is 0 Å². The third kappa shape index (κ3) is 4.94. The van der Waals surface area contributed by atoms with Crippen LogP contribution in [-0.2, 0) is 10.8 Å². The molecular weight excluding hydrogens is 725 g/mol. The van der Waals surface area contributed by atoms with E-state index in [-0.39, 0.29) is 10.8 Å². The van der Waals surface area contributed by atoms with Crippen molar-refractivity contribution in [3.63, 3.8) is 0 Å². The van der Waals surface area contributed by atoms with Crippen molar-refractivity contribution in [2.45, 2.75) is 38.5 Å². The van der Waals surface area contributed by atoms with Gasteiger partial charge in [0, 0.05) is 44.4 Å². The highest BCUT2D eigenvalue weighted by atomic mass is 15.1. The molecule has 2 aliphatic carbocycles. The Kier molecular flexibility index (Phi) is 7.36. The van der Waals surface area contributed by atoms with Crippen LogP contribution in [0.3, 0.4) is 0 Å². The van der Waals surface area contributed by atoms with E-state index in [0.717, 1.165) is 17.1 Å². The highest BCUT2D eigenvalue weighted by Gasteiger charge is 2.38. The van der Waals surface area contributed by atoms with Crippen molar-refractivity contribution in [3.05, 3.63) is 216 Å². The Morgan fingerprint density at radius 3 is 1.47 bits per heavy atom. The van der Waals surface area contributed by atoms with Crippen molar-refractivity contribution in [2.75, 3.05) is 4.90 Å². The second-order valence-corrected chi connectivity index (χ2v) is 17.8. The molecule has 0 atom stereocenters. The first-order valence-corrected chi connectivity index (χ1v) is 21.2. The number of hydrogen-bond donors (Lipinski definition) is 0. The quantitative estimate of drug-likeness (QED) is 0.169. The van der Waals surface area contributed by atoms with Crippen LogP contribution in [0.4, 0.5) is 17.1 Å². The number of fused-ring (bicyclic) bond motifs is 10. The lowest BCUT2D eigenvalue weighted by atomic mass is 9.81. The van der Waals surface area contributed by atoms with E-state index in [4.69, 9.17) is 0 Å².